The van der Waals surface area contributed by atoms with Crippen LogP contribution < -0.4 is 9.46 Å². The number of hydrogen-bond acceptors (Lipinski definition) is 9. The summed E-state index contributed by atoms with van der Waals surface area (Å²) in [5, 5.41) is 1.26. The first-order chi connectivity index (χ1) is 25.0. The zero-order valence-electron chi connectivity index (χ0n) is 29.7. The van der Waals surface area contributed by atoms with E-state index in [0.29, 0.717) is 31.7 Å². The maximum atomic E-state index is 14.7. The van der Waals surface area contributed by atoms with Crippen LogP contribution in [0.2, 0.25) is 0 Å². The van der Waals surface area contributed by atoms with E-state index in [0.717, 1.165) is 74.1 Å². The summed E-state index contributed by atoms with van der Waals surface area (Å²) in [6.45, 7) is 4.32. The number of allylic oxidation sites excluding steroid dienone is 1. The zero-order valence-corrected chi connectivity index (χ0v) is 30.5. The van der Waals surface area contributed by atoms with Crippen LogP contribution in [0.4, 0.5) is 0 Å². The Morgan fingerprint density at radius 3 is 2.56 bits per heavy atom. The van der Waals surface area contributed by atoms with Gasteiger partial charge < -0.3 is 14.4 Å². The number of Topliss-reactive ketones (excluding diaryl/α,β-unsaturated/α-hetero) is 1. The Bertz CT molecular complexity index is 1900. The maximum absolute atomic E-state index is 14.7. The van der Waals surface area contributed by atoms with Gasteiger partial charge in [-0.15, -0.1) is 6.58 Å². The molecule has 0 radical (unpaired) electrons. The molecule has 278 valence electrons. The Hall–Kier alpha value is -3.80. The van der Waals surface area contributed by atoms with Crippen molar-refractivity contribution in [3.05, 3.63) is 48.7 Å². The number of aromatic nitrogens is 1. The number of amides is 2. The van der Waals surface area contributed by atoms with Crippen LogP contribution in [0.25, 0.3) is 10.8 Å². The van der Waals surface area contributed by atoms with Crippen LogP contribution in [0.3, 0.4) is 0 Å². The predicted molar refractivity (Wildman–Crippen MR) is 192 cm³/mol. The van der Waals surface area contributed by atoms with Crippen LogP contribution in [0.5, 0.6) is 5.88 Å². The van der Waals surface area contributed by atoms with Gasteiger partial charge in [-0.25, -0.2) is 13.4 Å². The third kappa shape index (κ3) is 6.99. The van der Waals surface area contributed by atoms with Gasteiger partial charge in [0, 0.05) is 29.8 Å². The minimum atomic E-state index is -3.83. The molecule has 52 heavy (non-hydrogen) atoms. The smallest absolute Gasteiger partial charge is 0.306 e. The number of ketones is 1. The number of esters is 1. The fourth-order valence-electron chi connectivity index (χ4n) is 9.15. The highest BCUT2D eigenvalue weighted by molar-refractivity contribution is 7.90. The highest BCUT2D eigenvalue weighted by atomic mass is 32.2. The molecule has 2 amide bonds. The largest absolute Gasteiger partial charge is 0.472 e. The van der Waals surface area contributed by atoms with Gasteiger partial charge in [-0.2, -0.15) is 0 Å². The second kappa shape index (κ2) is 13.6. The number of nitrogens with zero attached hydrogens (tertiary/aromatic N) is 2. The summed E-state index contributed by atoms with van der Waals surface area (Å²) in [5.41, 5.74) is -0.0996. The molecule has 11 nitrogen and oxygen atoms in total. The van der Waals surface area contributed by atoms with Gasteiger partial charge in [-0.1, -0.05) is 31.1 Å². The predicted octanol–water partition coefficient (Wildman–Crippen LogP) is 5.20. The lowest BCUT2D eigenvalue weighted by molar-refractivity contribution is -0.153. The van der Waals surface area contributed by atoms with Crippen molar-refractivity contribution in [2.75, 3.05) is 13.2 Å². The lowest BCUT2D eigenvalue weighted by atomic mass is 9.86. The second-order valence-corrected chi connectivity index (χ2v) is 18.5. The van der Waals surface area contributed by atoms with Crippen LogP contribution in [0.15, 0.2) is 43.1 Å². The van der Waals surface area contributed by atoms with Crippen molar-refractivity contribution in [2.24, 2.45) is 28.6 Å². The number of fused-ring (bicyclic) bond motifs is 3. The number of cyclic esters (lactones) is 1. The number of carbonyl (C=O) groups excluding carboxylic acids is 4. The summed E-state index contributed by atoms with van der Waals surface area (Å²) >= 11 is 0. The molecule has 0 unspecified atom stereocenters. The van der Waals surface area contributed by atoms with Gasteiger partial charge in [0.15, 0.2) is 5.78 Å². The van der Waals surface area contributed by atoms with E-state index in [9.17, 15) is 27.6 Å². The Balaban J connectivity index is 1.11. The SMILES string of the molecule is C=C[C@H]1C[C@]1(CC(=O)[C@@H]1C[C@@H]2CN1C(=O)[C@H](C1CCCC1)CC(=O)OCC1(CCCc3ccc4ccnc(c4c3)O2)CC1)C(=O)NS(=O)(=O)C1CC1. The number of sulfonamides is 1. The molecule has 2 aliphatic heterocycles. The van der Waals surface area contributed by atoms with Gasteiger partial charge in [-0.05, 0) is 99.1 Å². The number of carbonyl (C=O) groups is 4. The summed E-state index contributed by atoms with van der Waals surface area (Å²) in [6, 6.07) is 7.31. The summed E-state index contributed by atoms with van der Waals surface area (Å²) in [5.74, 6) is -2.23. The quantitative estimate of drug-likeness (QED) is 0.286. The van der Waals surface area contributed by atoms with E-state index in [2.05, 4.69) is 34.5 Å². The number of ether oxygens (including phenoxy) is 2. The molecule has 4 saturated carbocycles. The minimum Gasteiger partial charge on any atom is -0.472 e. The molecule has 5 fully saturated rings. The van der Waals surface area contributed by atoms with Gasteiger partial charge >= 0.3 is 5.97 Å². The molecule has 12 heteroatoms. The molecule has 5 atom stereocenters. The standard InChI is InChI=1S/C40H49N3O8S/c1-2-28-21-40(28,38(47)42-52(48,49)30-11-12-30)22-34(44)33-19-29-23-43(33)37(46)32(26-7-3-4-8-26)20-35(45)50-24-39(15-16-39)14-5-6-25-9-10-27-13-17-41-36(51-29)31(27)18-25/h2,9-10,13,17-18,26,28-30,32-33H,1,3-8,11-12,14-16,19-24H2,(H,42,47)/t28-,29+,32-,33-,40+/m0/s1. The molecule has 4 aliphatic carbocycles. The van der Waals surface area contributed by atoms with Crippen molar-refractivity contribution in [1.29, 1.82) is 0 Å². The average Bonchev–Trinajstić information content (AvgIpc) is 4.09. The zero-order chi connectivity index (χ0) is 36.3. The Kier molecular flexibility index (Phi) is 9.19. The maximum Gasteiger partial charge on any atom is 0.306 e. The highest BCUT2D eigenvalue weighted by Crippen LogP contribution is 2.57. The van der Waals surface area contributed by atoms with Crippen molar-refractivity contribution in [1.82, 2.24) is 14.6 Å². The van der Waals surface area contributed by atoms with Gasteiger partial charge in [0.05, 0.1) is 42.2 Å². The molecule has 1 saturated heterocycles. The molecule has 1 aromatic carbocycles. The molecule has 2 aromatic rings. The molecule has 1 N–H and O–H groups in total. The molecule has 6 aliphatic rings. The number of pyridine rings is 1. The molecule has 1 spiro atoms. The van der Waals surface area contributed by atoms with Crippen molar-refractivity contribution in [3.63, 3.8) is 0 Å². The minimum absolute atomic E-state index is 0.00673. The van der Waals surface area contributed by atoms with E-state index < -0.39 is 44.7 Å². The Morgan fingerprint density at radius 2 is 1.85 bits per heavy atom. The lowest BCUT2D eigenvalue weighted by Gasteiger charge is -2.31. The summed E-state index contributed by atoms with van der Waals surface area (Å²) in [7, 11) is -3.83. The van der Waals surface area contributed by atoms with E-state index >= 15 is 0 Å². The molecular weight excluding hydrogens is 683 g/mol. The van der Waals surface area contributed by atoms with Crippen LogP contribution in [0.1, 0.15) is 95.5 Å². The number of benzene rings is 1. The van der Waals surface area contributed by atoms with Gasteiger partial charge in [0.2, 0.25) is 27.7 Å². The van der Waals surface area contributed by atoms with Crippen molar-refractivity contribution < 1.29 is 37.1 Å². The first kappa shape index (κ1) is 35.2. The number of hydrogen-bond donors (Lipinski definition) is 1. The molecule has 1 aromatic heterocycles. The average molecular weight is 732 g/mol. The summed E-state index contributed by atoms with van der Waals surface area (Å²) < 4.78 is 40.2. The molecule has 4 bridgehead atoms. The number of aryl methyl sites for hydroxylation is 1. The molecule has 8 rings (SSSR count). The normalized spacial score (nSPS) is 30.7. The second-order valence-electron chi connectivity index (χ2n) is 16.5. The van der Waals surface area contributed by atoms with E-state index in [1.165, 1.54) is 0 Å². The molecular formula is C40H49N3O8S. The summed E-state index contributed by atoms with van der Waals surface area (Å²) in [6.07, 6.45) is 12.4. The van der Waals surface area contributed by atoms with E-state index in [1.807, 2.05) is 6.07 Å². The topological polar surface area (TPSA) is 149 Å². The van der Waals surface area contributed by atoms with Crippen LogP contribution >= 0.6 is 0 Å². The first-order valence-electron chi connectivity index (χ1n) is 19.2. The fraction of sp³-hybridized carbons (Fsp3) is 0.625. The van der Waals surface area contributed by atoms with Gasteiger partial charge in [-0.3, -0.25) is 23.9 Å². The monoisotopic (exact) mass is 731 g/mol. The number of nitrogens with one attached hydrogen (secondary N) is 1. The number of rotatable bonds is 8. The van der Waals surface area contributed by atoms with Crippen molar-refractivity contribution in [2.45, 2.75) is 114 Å². The van der Waals surface area contributed by atoms with Crippen molar-refractivity contribution >= 4 is 44.4 Å². The van der Waals surface area contributed by atoms with E-state index in [1.54, 1.807) is 17.2 Å². The van der Waals surface area contributed by atoms with Crippen LogP contribution in [0, 0.1) is 28.6 Å². The third-order valence-electron chi connectivity index (χ3n) is 12.9. The highest BCUT2D eigenvalue weighted by Gasteiger charge is 2.61. The first-order valence-corrected chi connectivity index (χ1v) is 20.8. The van der Waals surface area contributed by atoms with Gasteiger partial charge in [0.25, 0.3) is 0 Å². The fourth-order valence-corrected chi connectivity index (χ4v) is 10.5. The van der Waals surface area contributed by atoms with Crippen molar-refractivity contribution in [3.8, 4) is 5.88 Å². The summed E-state index contributed by atoms with van der Waals surface area (Å²) in [4.78, 5) is 62.4. The van der Waals surface area contributed by atoms with Gasteiger partial charge in [0.1, 0.15) is 6.10 Å². The Labute approximate surface area is 305 Å². The van der Waals surface area contributed by atoms with Crippen LogP contribution in [-0.4, -0.2) is 72.4 Å². The van der Waals surface area contributed by atoms with E-state index in [4.69, 9.17) is 9.47 Å². The van der Waals surface area contributed by atoms with Crippen LogP contribution in [-0.2, 0) is 40.4 Å². The van der Waals surface area contributed by atoms with E-state index in [-0.39, 0.29) is 60.7 Å². The Morgan fingerprint density at radius 1 is 1.06 bits per heavy atom. The lowest BCUT2D eigenvalue weighted by Crippen LogP contribution is -2.47. The third-order valence-corrected chi connectivity index (χ3v) is 14.7. The molecule has 3 heterocycles.